The monoisotopic (exact) mass is 166 g/mol. The highest BCUT2D eigenvalue weighted by molar-refractivity contribution is 5.66. The molecule has 0 aliphatic rings. The van der Waals surface area contributed by atoms with Crippen LogP contribution in [0.3, 0.4) is 0 Å². The molecule has 1 aromatic rings. The quantitative estimate of drug-likeness (QED) is 0.581. The molecule has 0 aromatic carbocycles. The number of aromatic nitrogens is 2. The molecule has 0 N–H and O–H groups in total. The Labute approximate surface area is 58.0 Å². The second-order valence-electron chi connectivity index (χ2n) is 1.57. The summed E-state index contributed by atoms with van der Waals surface area (Å²) in [6.07, 6.45) is -4.62. The molecule has 1 heterocycles. The Hall–Kier alpha value is -1.40. The number of hydrogen-bond acceptors (Lipinski definition) is 4. The lowest BCUT2D eigenvalue weighted by Gasteiger charge is -1.95. The van der Waals surface area contributed by atoms with Crippen LogP contribution < -0.4 is 0 Å². The van der Waals surface area contributed by atoms with Gasteiger partial charge in [0.15, 0.2) is 0 Å². The number of carbonyl (C=O) groups excluding carboxylic acids is 1. The third kappa shape index (κ3) is 1.54. The fourth-order valence-electron chi connectivity index (χ4n) is 0.398. The van der Waals surface area contributed by atoms with Gasteiger partial charge in [0.25, 0.3) is 11.7 Å². The second-order valence-corrected chi connectivity index (χ2v) is 1.57. The second kappa shape index (κ2) is 2.33. The Morgan fingerprint density at radius 2 is 2.09 bits per heavy atom. The maximum Gasteiger partial charge on any atom is 0.455 e. The van der Waals surface area contributed by atoms with Crippen molar-refractivity contribution >= 4 is 6.29 Å². The summed E-state index contributed by atoms with van der Waals surface area (Å²) in [5.74, 6) is -2.13. The first kappa shape index (κ1) is 7.70. The van der Waals surface area contributed by atoms with E-state index in [1.807, 2.05) is 0 Å². The molecule has 0 spiro atoms. The summed E-state index contributed by atoms with van der Waals surface area (Å²) >= 11 is 0. The smallest absolute Gasteiger partial charge is 0.331 e. The van der Waals surface area contributed by atoms with Gasteiger partial charge in [0, 0.05) is 0 Å². The topological polar surface area (TPSA) is 56.0 Å². The van der Waals surface area contributed by atoms with Gasteiger partial charge in [-0.15, -0.1) is 0 Å². The van der Waals surface area contributed by atoms with Gasteiger partial charge in [0.1, 0.15) is 0 Å². The first-order valence-corrected chi connectivity index (χ1v) is 2.40. The molecule has 0 radical (unpaired) electrons. The van der Waals surface area contributed by atoms with Crippen LogP contribution in [0, 0.1) is 0 Å². The van der Waals surface area contributed by atoms with Crippen LogP contribution in [0.4, 0.5) is 13.2 Å². The summed E-state index contributed by atoms with van der Waals surface area (Å²) in [6, 6.07) is 0. The fourth-order valence-corrected chi connectivity index (χ4v) is 0.398. The average Bonchev–Trinajstić information content (AvgIpc) is 2.32. The van der Waals surface area contributed by atoms with Crippen LogP contribution >= 0.6 is 0 Å². The molecule has 0 bridgehead atoms. The number of carbonyl (C=O) groups is 1. The lowest BCUT2D eigenvalue weighted by Crippen LogP contribution is -2.07. The third-order valence-corrected chi connectivity index (χ3v) is 0.796. The van der Waals surface area contributed by atoms with Crippen LogP contribution in [-0.4, -0.2) is 16.4 Å². The lowest BCUT2D eigenvalue weighted by atomic mass is 10.6. The normalized spacial score (nSPS) is 11.5. The third-order valence-electron chi connectivity index (χ3n) is 0.796. The molecule has 60 valence electrons. The van der Waals surface area contributed by atoms with Gasteiger partial charge in [-0.1, -0.05) is 5.16 Å². The average molecular weight is 166 g/mol. The van der Waals surface area contributed by atoms with E-state index in [2.05, 4.69) is 14.7 Å². The molecule has 1 aromatic heterocycles. The Bertz CT molecular complexity index is 267. The standard InChI is InChI=1S/C4HF3N2O2/c5-4(6,7)3-8-2(1-10)11-9-3/h1H. The molecule has 4 nitrogen and oxygen atoms in total. The SMILES string of the molecule is O=Cc1nc(C(F)(F)F)no1. The highest BCUT2D eigenvalue weighted by Gasteiger charge is 2.37. The van der Waals surface area contributed by atoms with Crippen LogP contribution in [-0.2, 0) is 6.18 Å². The first-order chi connectivity index (χ1) is 5.04. The van der Waals surface area contributed by atoms with E-state index in [9.17, 15) is 18.0 Å². The van der Waals surface area contributed by atoms with Crippen LogP contribution in [0.5, 0.6) is 0 Å². The van der Waals surface area contributed by atoms with Gasteiger partial charge in [0.2, 0.25) is 6.29 Å². The molecule has 1 rings (SSSR count). The molecule has 0 saturated carbocycles. The Morgan fingerprint density at radius 1 is 1.45 bits per heavy atom. The van der Waals surface area contributed by atoms with E-state index in [4.69, 9.17) is 0 Å². The number of aldehydes is 1. The number of nitrogens with zero attached hydrogens (tertiary/aromatic N) is 2. The molecule has 0 amide bonds. The molecule has 0 fully saturated rings. The van der Waals surface area contributed by atoms with Gasteiger partial charge >= 0.3 is 6.18 Å². The number of hydrogen-bond donors (Lipinski definition) is 0. The van der Waals surface area contributed by atoms with Gasteiger partial charge < -0.3 is 4.52 Å². The van der Waals surface area contributed by atoms with Crippen molar-refractivity contribution in [2.75, 3.05) is 0 Å². The van der Waals surface area contributed by atoms with E-state index < -0.39 is 17.9 Å². The van der Waals surface area contributed by atoms with Crippen LogP contribution in [0.15, 0.2) is 4.52 Å². The van der Waals surface area contributed by atoms with Crippen molar-refractivity contribution in [3.05, 3.63) is 11.7 Å². The largest absolute Gasteiger partial charge is 0.455 e. The van der Waals surface area contributed by atoms with E-state index in [1.54, 1.807) is 0 Å². The molecule has 0 aliphatic carbocycles. The highest BCUT2D eigenvalue weighted by atomic mass is 19.4. The van der Waals surface area contributed by atoms with Gasteiger partial charge in [0.05, 0.1) is 0 Å². The Kier molecular flexibility index (Phi) is 1.63. The fraction of sp³-hybridized carbons (Fsp3) is 0.250. The molecule has 0 saturated heterocycles. The van der Waals surface area contributed by atoms with Crippen molar-refractivity contribution in [2.24, 2.45) is 0 Å². The summed E-state index contributed by atoms with van der Waals surface area (Å²) < 4.78 is 38.8. The molecule has 7 heteroatoms. The van der Waals surface area contributed by atoms with Crippen molar-refractivity contribution in [2.45, 2.75) is 6.18 Å². The number of alkyl halides is 3. The van der Waals surface area contributed by atoms with Gasteiger partial charge in [-0.05, 0) is 0 Å². The summed E-state index contributed by atoms with van der Waals surface area (Å²) in [5.41, 5.74) is 0. The van der Waals surface area contributed by atoms with Gasteiger partial charge in [-0.3, -0.25) is 4.79 Å². The zero-order chi connectivity index (χ0) is 8.48. The van der Waals surface area contributed by atoms with E-state index >= 15 is 0 Å². The van der Waals surface area contributed by atoms with Crippen molar-refractivity contribution in [1.29, 1.82) is 0 Å². The minimum absolute atomic E-state index is 0.0439. The molecule has 0 atom stereocenters. The predicted molar refractivity (Wildman–Crippen MR) is 24.7 cm³/mol. The van der Waals surface area contributed by atoms with Crippen LogP contribution in [0.1, 0.15) is 16.5 Å². The van der Waals surface area contributed by atoms with Gasteiger partial charge in [-0.2, -0.15) is 18.2 Å². The summed E-state index contributed by atoms with van der Waals surface area (Å²) in [7, 11) is 0. The van der Waals surface area contributed by atoms with Crippen LogP contribution in [0.2, 0.25) is 0 Å². The zero-order valence-corrected chi connectivity index (χ0v) is 4.92. The summed E-state index contributed by atoms with van der Waals surface area (Å²) in [5, 5.41) is 2.52. The summed E-state index contributed by atoms with van der Waals surface area (Å²) in [4.78, 5) is 12.5. The van der Waals surface area contributed by atoms with Crippen molar-refractivity contribution in [3.63, 3.8) is 0 Å². The van der Waals surface area contributed by atoms with Crippen molar-refractivity contribution in [3.8, 4) is 0 Å². The molecule has 11 heavy (non-hydrogen) atoms. The Morgan fingerprint density at radius 3 is 2.36 bits per heavy atom. The molecule has 0 unspecified atom stereocenters. The maximum absolute atomic E-state index is 11.6. The van der Waals surface area contributed by atoms with Crippen molar-refractivity contribution < 1.29 is 22.5 Å². The minimum Gasteiger partial charge on any atom is -0.331 e. The van der Waals surface area contributed by atoms with Crippen molar-refractivity contribution in [1.82, 2.24) is 10.1 Å². The van der Waals surface area contributed by atoms with Crippen LogP contribution in [0.25, 0.3) is 0 Å². The maximum atomic E-state index is 11.6. The summed E-state index contributed by atoms with van der Waals surface area (Å²) in [6.45, 7) is 0. The van der Waals surface area contributed by atoms with Gasteiger partial charge in [-0.25, -0.2) is 0 Å². The number of rotatable bonds is 1. The Balaban J connectivity index is 2.98. The molecular weight excluding hydrogens is 165 g/mol. The van der Waals surface area contributed by atoms with E-state index in [-0.39, 0.29) is 6.29 Å². The first-order valence-electron chi connectivity index (χ1n) is 2.40. The molecule has 0 aliphatic heterocycles. The van der Waals surface area contributed by atoms with E-state index in [0.29, 0.717) is 0 Å². The lowest BCUT2D eigenvalue weighted by molar-refractivity contribution is -0.146. The van der Waals surface area contributed by atoms with E-state index in [1.165, 1.54) is 0 Å². The minimum atomic E-state index is -4.66. The van der Waals surface area contributed by atoms with E-state index in [0.717, 1.165) is 0 Å². The number of halogens is 3. The molecular formula is C4HF3N2O2. The zero-order valence-electron chi connectivity index (χ0n) is 4.92. The highest BCUT2D eigenvalue weighted by Crippen LogP contribution is 2.25. The predicted octanol–water partition coefficient (Wildman–Crippen LogP) is 0.901.